The number of nitrogens with one attached hydrogen (secondary N) is 1. The van der Waals surface area contributed by atoms with Crippen molar-refractivity contribution in [3.63, 3.8) is 0 Å². The Morgan fingerprint density at radius 2 is 1.53 bits per heavy atom. The van der Waals surface area contributed by atoms with Gasteiger partial charge in [0, 0.05) is 5.92 Å². The first kappa shape index (κ1) is 17.9. The van der Waals surface area contributed by atoms with Crippen LogP contribution in [0.5, 0.6) is 0 Å². The van der Waals surface area contributed by atoms with Crippen molar-refractivity contribution in [2.24, 2.45) is 5.92 Å². The molecule has 1 unspecified atom stereocenters. The second-order valence-corrected chi connectivity index (χ2v) is 5.38. The van der Waals surface area contributed by atoms with Crippen LogP contribution in [0.3, 0.4) is 0 Å². The SMILES string of the molecule is CCCCCCCCCC(C)C(=O)N[C@@H](C)C(=O)O. The lowest BCUT2D eigenvalue weighted by molar-refractivity contribution is -0.141. The van der Waals surface area contributed by atoms with E-state index in [0.29, 0.717) is 0 Å². The number of amides is 1. The van der Waals surface area contributed by atoms with Crippen molar-refractivity contribution in [3.05, 3.63) is 0 Å². The molecule has 0 bridgehead atoms. The summed E-state index contributed by atoms with van der Waals surface area (Å²) < 4.78 is 0. The molecule has 0 spiro atoms. The summed E-state index contributed by atoms with van der Waals surface area (Å²) in [6.07, 6.45) is 9.45. The number of carbonyl (C=O) groups is 2. The molecule has 112 valence electrons. The van der Waals surface area contributed by atoms with Crippen LogP contribution >= 0.6 is 0 Å². The third kappa shape index (κ3) is 9.51. The molecule has 2 N–H and O–H groups in total. The molecule has 4 nitrogen and oxygen atoms in total. The molecule has 0 saturated heterocycles. The summed E-state index contributed by atoms with van der Waals surface area (Å²) in [7, 11) is 0. The summed E-state index contributed by atoms with van der Waals surface area (Å²) in [5, 5.41) is 11.2. The number of rotatable bonds is 11. The first-order valence-corrected chi connectivity index (χ1v) is 7.52. The Labute approximate surface area is 117 Å². The van der Waals surface area contributed by atoms with Gasteiger partial charge in [0.2, 0.25) is 5.91 Å². The Morgan fingerprint density at radius 3 is 2.05 bits per heavy atom. The van der Waals surface area contributed by atoms with Gasteiger partial charge in [-0.2, -0.15) is 0 Å². The minimum Gasteiger partial charge on any atom is -0.480 e. The van der Waals surface area contributed by atoms with Crippen LogP contribution < -0.4 is 5.32 Å². The van der Waals surface area contributed by atoms with E-state index >= 15 is 0 Å². The van der Waals surface area contributed by atoms with E-state index in [1.165, 1.54) is 39.0 Å². The van der Waals surface area contributed by atoms with Crippen LogP contribution in [0, 0.1) is 5.92 Å². The van der Waals surface area contributed by atoms with Crippen molar-refractivity contribution in [3.8, 4) is 0 Å². The second kappa shape index (κ2) is 10.8. The predicted molar refractivity (Wildman–Crippen MR) is 77.0 cm³/mol. The maximum atomic E-state index is 11.7. The number of aliphatic carboxylic acids is 1. The Morgan fingerprint density at radius 1 is 1.00 bits per heavy atom. The lowest BCUT2D eigenvalue weighted by Gasteiger charge is -2.14. The van der Waals surface area contributed by atoms with Gasteiger partial charge in [-0.1, -0.05) is 58.8 Å². The molecular formula is C15H29NO3. The van der Waals surface area contributed by atoms with Gasteiger partial charge in [0.15, 0.2) is 0 Å². The van der Waals surface area contributed by atoms with Crippen LogP contribution in [-0.2, 0) is 9.59 Å². The minimum atomic E-state index is -0.989. The van der Waals surface area contributed by atoms with E-state index in [1.807, 2.05) is 6.92 Å². The maximum absolute atomic E-state index is 11.7. The molecule has 1 amide bonds. The van der Waals surface area contributed by atoms with Crippen molar-refractivity contribution in [2.45, 2.75) is 78.2 Å². The van der Waals surface area contributed by atoms with E-state index in [0.717, 1.165) is 19.3 Å². The Hall–Kier alpha value is -1.06. The standard InChI is InChI=1S/C15H29NO3/c1-4-5-6-7-8-9-10-11-12(2)14(17)16-13(3)15(18)19/h12-13H,4-11H2,1-3H3,(H,16,17)(H,18,19)/t12?,13-/m0/s1. The summed E-state index contributed by atoms with van der Waals surface area (Å²) in [5.74, 6) is -1.24. The summed E-state index contributed by atoms with van der Waals surface area (Å²) in [4.78, 5) is 22.3. The van der Waals surface area contributed by atoms with Gasteiger partial charge in [-0.25, -0.2) is 0 Å². The molecule has 0 rings (SSSR count). The van der Waals surface area contributed by atoms with Gasteiger partial charge in [0.25, 0.3) is 0 Å². The van der Waals surface area contributed by atoms with Crippen LogP contribution in [0.1, 0.15) is 72.1 Å². The molecule has 0 aromatic carbocycles. The lowest BCUT2D eigenvalue weighted by atomic mass is 10.0. The zero-order chi connectivity index (χ0) is 14.7. The molecule has 0 aromatic rings. The van der Waals surface area contributed by atoms with Crippen molar-refractivity contribution >= 4 is 11.9 Å². The Balaban J connectivity index is 3.60. The summed E-state index contributed by atoms with van der Waals surface area (Å²) in [6.45, 7) is 5.56. The number of carboxylic acids is 1. The molecule has 4 heteroatoms. The first-order valence-electron chi connectivity index (χ1n) is 7.52. The highest BCUT2D eigenvalue weighted by molar-refractivity contribution is 5.84. The van der Waals surface area contributed by atoms with Crippen molar-refractivity contribution in [2.75, 3.05) is 0 Å². The fraction of sp³-hybridized carbons (Fsp3) is 0.867. The van der Waals surface area contributed by atoms with E-state index in [2.05, 4.69) is 12.2 Å². The first-order chi connectivity index (χ1) is 8.99. The molecule has 0 aromatic heterocycles. The lowest BCUT2D eigenvalue weighted by Crippen LogP contribution is -2.41. The zero-order valence-corrected chi connectivity index (χ0v) is 12.6. The van der Waals surface area contributed by atoms with Gasteiger partial charge in [-0.15, -0.1) is 0 Å². The fourth-order valence-corrected chi connectivity index (χ4v) is 1.96. The van der Waals surface area contributed by atoms with E-state index < -0.39 is 12.0 Å². The molecule has 19 heavy (non-hydrogen) atoms. The predicted octanol–water partition coefficient (Wildman–Crippen LogP) is 3.35. The topological polar surface area (TPSA) is 66.4 Å². The number of hydrogen-bond donors (Lipinski definition) is 2. The van der Waals surface area contributed by atoms with Crippen LogP contribution in [0.25, 0.3) is 0 Å². The monoisotopic (exact) mass is 271 g/mol. The quantitative estimate of drug-likeness (QED) is 0.566. The highest BCUT2D eigenvalue weighted by Gasteiger charge is 2.18. The van der Waals surface area contributed by atoms with E-state index in [4.69, 9.17) is 5.11 Å². The largest absolute Gasteiger partial charge is 0.480 e. The van der Waals surface area contributed by atoms with Gasteiger partial charge in [-0.3, -0.25) is 9.59 Å². The normalized spacial score (nSPS) is 13.8. The third-order valence-electron chi connectivity index (χ3n) is 3.42. The van der Waals surface area contributed by atoms with Crippen LogP contribution in [0.15, 0.2) is 0 Å². The van der Waals surface area contributed by atoms with Crippen molar-refractivity contribution < 1.29 is 14.7 Å². The molecule has 0 radical (unpaired) electrons. The molecule has 0 aliphatic rings. The van der Waals surface area contributed by atoms with Gasteiger partial charge >= 0.3 is 5.97 Å². The molecule has 0 saturated carbocycles. The molecule has 0 fully saturated rings. The number of hydrogen-bond acceptors (Lipinski definition) is 2. The smallest absolute Gasteiger partial charge is 0.325 e. The Bertz CT molecular complexity index is 266. The van der Waals surface area contributed by atoms with Gasteiger partial charge in [0.05, 0.1) is 0 Å². The maximum Gasteiger partial charge on any atom is 0.325 e. The number of unbranched alkanes of at least 4 members (excludes halogenated alkanes) is 6. The second-order valence-electron chi connectivity index (χ2n) is 5.38. The van der Waals surface area contributed by atoms with Crippen LogP contribution in [-0.4, -0.2) is 23.0 Å². The van der Waals surface area contributed by atoms with Gasteiger partial charge < -0.3 is 10.4 Å². The van der Waals surface area contributed by atoms with Crippen LogP contribution in [0.4, 0.5) is 0 Å². The number of carbonyl (C=O) groups excluding carboxylic acids is 1. The summed E-state index contributed by atoms with van der Waals surface area (Å²) in [5.41, 5.74) is 0. The molecule has 0 aliphatic carbocycles. The highest BCUT2D eigenvalue weighted by atomic mass is 16.4. The summed E-state index contributed by atoms with van der Waals surface area (Å²) in [6, 6.07) is -0.802. The third-order valence-corrected chi connectivity index (χ3v) is 3.42. The molecule has 0 heterocycles. The molecule has 0 aliphatic heterocycles. The van der Waals surface area contributed by atoms with Gasteiger partial charge in [0.1, 0.15) is 6.04 Å². The number of carboxylic acid groups (broad SMARTS) is 1. The van der Waals surface area contributed by atoms with E-state index in [1.54, 1.807) is 0 Å². The van der Waals surface area contributed by atoms with Crippen LogP contribution in [0.2, 0.25) is 0 Å². The fourth-order valence-electron chi connectivity index (χ4n) is 1.96. The molecular weight excluding hydrogens is 242 g/mol. The minimum absolute atomic E-state index is 0.0996. The van der Waals surface area contributed by atoms with E-state index in [9.17, 15) is 9.59 Å². The van der Waals surface area contributed by atoms with E-state index in [-0.39, 0.29) is 11.8 Å². The zero-order valence-electron chi connectivity index (χ0n) is 12.6. The average molecular weight is 271 g/mol. The highest BCUT2D eigenvalue weighted by Crippen LogP contribution is 2.12. The molecule has 2 atom stereocenters. The van der Waals surface area contributed by atoms with Crippen molar-refractivity contribution in [1.82, 2.24) is 5.32 Å². The van der Waals surface area contributed by atoms with Crippen molar-refractivity contribution in [1.29, 1.82) is 0 Å². The Kier molecular flexibility index (Phi) is 10.2. The average Bonchev–Trinajstić information content (AvgIpc) is 2.37. The van der Waals surface area contributed by atoms with Gasteiger partial charge in [-0.05, 0) is 13.3 Å². The summed E-state index contributed by atoms with van der Waals surface area (Å²) >= 11 is 0.